The van der Waals surface area contributed by atoms with Crippen LogP contribution in [0.1, 0.15) is 64.2 Å². The normalized spacial score (nSPS) is 18.7. The largest absolute Gasteiger partial charge is 0.411 e. The fourth-order valence-electron chi connectivity index (χ4n) is 4.63. The summed E-state index contributed by atoms with van der Waals surface area (Å²) in [6.07, 6.45) is 12.2. The second kappa shape index (κ2) is 10.1. The predicted molar refractivity (Wildman–Crippen MR) is 119 cm³/mol. The van der Waals surface area contributed by atoms with Crippen LogP contribution in [0.25, 0.3) is 11.5 Å². The van der Waals surface area contributed by atoms with Gasteiger partial charge in [0, 0.05) is 16.6 Å². The van der Waals surface area contributed by atoms with Crippen molar-refractivity contribution in [2.45, 2.75) is 81.5 Å². The van der Waals surface area contributed by atoms with Gasteiger partial charge in [-0.3, -0.25) is 4.79 Å². The molecule has 0 saturated heterocycles. The molecule has 0 N–H and O–H groups in total. The number of aromatic nitrogens is 2. The molecule has 29 heavy (non-hydrogen) atoms. The Morgan fingerprint density at radius 1 is 1.00 bits per heavy atom. The van der Waals surface area contributed by atoms with Gasteiger partial charge in [-0.05, 0) is 53.7 Å². The van der Waals surface area contributed by atoms with E-state index >= 15 is 0 Å². The van der Waals surface area contributed by atoms with Gasteiger partial charge >= 0.3 is 0 Å². The van der Waals surface area contributed by atoms with Gasteiger partial charge in [-0.2, -0.15) is 0 Å². The van der Waals surface area contributed by atoms with Crippen molar-refractivity contribution < 1.29 is 9.21 Å². The maximum Gasteiger partial charge on any atom is 0.277 e. The molecule has 0 unspecified atom stereocenters. The van der Waals surface area contributed by atoms with Gasteiger partial charge in [0.15, 0.2) is 0 Å². The second-order valence-corrected chi connectivity index (χ2v) is 9.81. The van der Waals surface area contributed by atoms with Crippen LogP contribution in [0, 0.1) is 0 Å². The summed E-state index contributed by atoms with van der Waals surface area (Å²) >= 11 is 4.88. The third-order valence-corrected chi connectivity index (χ3v) is 7.55. The lowest BCUT2D eigenvalue weighted by Crippen LogP contribution is -2.49. The van der Waals surface area contributed by atoms with Gasteiger partial charge in [0.1, 0.15) is 0 Å². The zero-order valence-electron chi connectivity index (χ0n) is 16.7. The molecular formula is C22H28BrN3O2S. The lowest BCUT2D eigenvalue weighted by molar-refractivity contribution is -0.135. The van der Waals surface area contributed by atoms with Crippen LogP contribution in [0.2, 0.25) is 0 Å². The first-order valence-electron chi connectivity index (χ1n) is 10.7. The summed E-state index contributed by atoms with van der Waals surface area (Å²) in [4.78, 5) is 15.5. The molecule has 7 heteroatoms. The molecule has 1 heterocycles. The highest BCUT2D eigenvalue weighted by atomic mass is 79.9. The van der Waals surface area contributed by atoms with E-state index < -0.39 is 0 Å². The van der Waals surface area contributed by atoms with E-state index in [0.717, 1.165) is 35.7 Å². The molecule has 2 fully saturated rings. The third-order valence-electron chi connectivity index (χ3n) is 6.05. The van der Waals surface area contributed by atoms with Crippen molar-refractivity contribution in [1.29, 1.82) is 0 Å². The summed E-state index contributed by atoms with van der Waals surface area (Å²) < 4.78 is 6.73. The zero-order chi connectivity index (χ0) is 20.1. The molecule has 0 spiro atoms. The van der Waals surface area contributed by atoms with Crippen molar-refractivity contribution in [3.63, 3.8) is 0 Å². The second-order valence-electron chi connectivity index (χ2n) is 8.03. The third kappa shape index (κ3) is 5.23. The van der Waals surface area contributed by atoms with E-state index in [-0.39, 0.29) is 5.91 Å². The fraction of sp³-hybridized carbons (Fsp3) is 0.591. The lowest BCUT2D eigenvalue weighted by atomic mass is 9.88. The van der Waals surface area contributed by atoms with Crippen LogP contribution in [0.4, 0.5) is 0 Å². The molecule has 1 amide bonds. The molecule has 0 radical (unpaired) electrons. The number of carbonyl (C=O) groups is 1. The Balaban J connectivity index is 1.42. The molecule has 2 aliphatic rings. The fourth-order valence-corrected chi connectivity index (χ4v) is 5.72. The Labute approximate surface area is 185 Å². The summed E-state index contributed by atoms with van der Waals surface area (Å²) in [7, 11) is 0. The highest BCUT2D eigenvalue weighted by molar-refractivity contribution is 9.10. The van der Waals surface area contributed by atoms with Crippen molar-refractivity contribution >= 4 is 33.6 Å². The summed E-state index contributed by atoms with van der Waals surface area (Å²) in [5.74, 6) is 1.07. The number of carbonyl (C=O) groups excluding carboxylic acids is 1. The van der Waals surface area contributed by atoms with Crippen LogP contribution in [0.3, 0.4) is 0 Å². The minimum Gasteiger partial charge on any atom is -0.411 e. The molecule has 1 aromatic heterocycles. The number of hydrogen-bond acceptors (Lipinski definition) is 5. The van der Waals surface area contributed by atoms with Crippen LogP contribution in [0.15, 0.2) is 38.4 Å². The summed E-state index contributed by atoms with van der Waals surface area (Å²) in [6, 6.07) is 8.60. The van der Waals surface area contributed by atoms with Crippen molar-refractivity contribution in [1.82, 2.24) is 15.1 Å². The molecule has 4 rings (SSSR count). The number of hydrogen-bond donors (Lipinski definition) is 0. The Kier molecular flexibility index (Phi) is 7.29. The molecule has 0 bridgehead atoms. The first-order chi connectivity index (χ1) is 14.2. The lowest BCUT2D eigenvalue weighted by Gasteiger charge is -2.41. The van der Waals surface area contributed by atoms with Crippen molar-refractivity contribution in [2.24, 2.45) is 0 Å². The van der Waals surface area contributed by atoms with Crippen LogP contribution >= 0.6 is 27.7 Å². The van der Waals surface area contributed by atoms with Crippen LogP contribution in [-0.2, 0) is 4.79 Å². The summed E-state index contributed by atoms with van der Waals surface area (Å²) in [5, 5.41) is 8.76. The molecule has 2 aliphatic carbocycles. The van der Waals surface area contributed by atoms with Gasteiger partial charge in [0.2, 0.25) is 11.8 Å². The monoisotopic (exact) mass is 477 g/mol. The molecule has 1 aromatic carbocycles. The van der Waals surface area contributed by atoms with E-state index in [4.69, 9.17) is 4.42 Å². The molecule has 5 nitrogen and oxygen atoms in total. The van der Waals surface area contributed by atoms with Crippen molar-refractivity contribution in [3.8, 4) is 11.5 Å². The Hall–Kier alpha value is -1.34. The van der Waals surface area contributed by atoms with Gasteiger partial charge in [0.05, 0.1) is 11.3 Å². The standard InChI is InChI=1S/C22H28BrN3O2S/c23-19-14-8-7-13-18(19)21-24-25-22(28-21)29-15-20(27)26(16-9-3-1-4-10-16)17-11-5-2-6-12-17/h7-8,13-14,16-17H,1-6,9-12,15H2. The zero-order valence-corrected chi connectivity index (χ0v) is 19.1. The van der Waals surface area contributed by atoms with E-state index in [2.05, 4.69) is 31.0 Å². The van der Waals surface area contributed by atoms with E-state index in [0.29, 0.717) is 29.0 Å². The molecular weight excluding hydrogens is 450 g/mol. The van der Waals surface area contributed by atoms with Crippen LogP contribution in [-0.4, -0.2) is 38.8 Å². The maximum absolute atomic E-state index is 13.3. The quantitative estimate of drug-likeness (QED) is 0.471. The van der Waals surface area contributed by atoms with Gasteiger partial charge in [0.25, 0.3) is 5.22 Å². The number of thioether (sulfide) groups is 1. The first kappa shape index (κ1) is 20.9. The number of halogens is 1. The topological polar surface area (TPSA) is 59.2 Å². The molecule has 156 valence electrons. The summed E-state index contributed by atoms with van der Waals surface area (Å²) in [5.41, 5.74) is 0.865. The molecule has 0 atom stereocenters. The molecule has 2 aromatic rings. The average molecular weight is 478 g/mol. The number of amides is 1. The predicted octanol–water partition coefficient (Wildman–Crippen LogP) is 6.09. The van der Waals surface area contributed by atoms with Crippen LogP contribution < -0.4 is 0 Å². The van der Waals surface area contributed by atoms with E-state index in [1.54, 1.807) is 0 Å². The number of benzene rings is 1. The Bertz CT molecular complexity index is 798. The van der Waals surface area contributed by atoms with Gasteiger partial charge in [-0.25, -0.2) is 0 Å². The molecule has 2 saturated carbocycles. The van der Waals surface area contributed by atoms with E-state index in [9.17, 15) is 4.79 Å². The molecule has 0 aliphatic heterocycles. The minimum absolute atomic E-state index is 0.231. The van der Waals surface area contributed by atoms with E-state index in [1.165, 1.54) is 50.3 Å². The van der Waals surface area contributed by atoms with Crippen LogP contribution in [0.5, 0.6) is 0 Å². The smallest absolute Gasteiger partial charge is 0.277 e. The SMILES string of the molecule is O=C(CSc1nnc(-c2ccccc2Br)o1)N(C1CCCCC1)C1CCCCC1. The minimum atomic E-state index is 0.231. The van der Waals surface area contributed by atoms with Gasteiger partial charge < -0.3 is 9.32 Å². The van der Waals surface area contributed by atoms with Gasteiger partial charge in [-0.15, -0.1) is 10.2 Å². The average Bonchev–Trinajstić information content (AvgIpc) is 3.23. The maximum atomic E-state index is 13.3. The Morgan fingerprint density at radius 2 is 1.62 bits per heavy atom. The highest BCUT2D eigenvalue weighted by Crippen LogP contribution is 2.32. The van der Waals surface area contributed by atoms with E-state index in [1.807, 2.05) is 24.3 Å². The summed E-state index contributed by atoms with van der Waals surface area (Å²) in [6.45, 7) is 0. The highest BCUT2D eigenvalue weighted by Gasteiger charge is 2.32. The van der Waals surface area contributed by atoms with Gasteiger partial charge in [-0.1, -0.05) is 62.4 Å². The number of rotatable bonds is 6. The Morgan fingerprint density at radius 3 is 2.24 bits per heavy atom. The first-order valence-corrected chi connectivity index (χ1v) is 12.5. The van der Waals surface area contributed by atoms with Crippen molar-refractivity contribution in [2.75, 3.05) is 5.75 Å². The number of nitrogens with zero attached hydrogens (tertiary/aromatic N) is 3. The van der Waals surface area contributed by atoms with Crippen molar-refractivity contribution in [3.05, 3.63) is 28.7 Å².